The van der Waals surface area contributed by atoms with Crippen molar-refractivity contribution in [2.45, 2.75) is 26.8 Å². The predicted molar refractivity (Wildman–Crippen MR) is 87.7 cm³/mol. The molecule has 0 spiro atoms. The first kappa shape index (κ1) is 16.1. The minimum absolute atomic E-state index is 0.333. The molecule has 2 aromatic rings. The van der Waals surface area contributed by atoms with Crippen molar-refractivity contribution in [3.8, 4) is 10.6 Å². The van der Waals surface area contributed by atoms with Gasteiger partial charge in [-0.25, -0.2) is 4.98 Å². The number of thiazole rings is 1. The van der Waals surface area contributed by atoms with E-state index >= 15 is 0 Å². The average molecular weight is 324 g/mol. The lowest BCUT2D eigenvalue weighted by atomic mass is 9.97. The third kappa shape index (κ3) is 4.91. The molecule has 0 radical (unpaired) electrons. The zero-order valence-corrected chi connectivity index (χ0v) is 13.8. The molecule has 114 valence electrons. The number of carboxylic acids is 1. The van der Waals surface area contributed by atoms with E-state index in [0.717, 1.165) is 16.3 Å². The van der Waals surface area contributed by atoms with Gasteiger partial charge < -0.3 is 10.4 Å². The third-order valence-corrected chi connectivity index (χ3v) is 4.75. The van der Waals surface area contributed by atoms with Crippen LogP contribution in [0.25, 0.3) is 10.6 Å². The van der Waals surface area contributed by atoms with Crippen LogP contribution in [0.2, 0.25) is 0 Å². The van der Waals surface area contributed by atoms with E-state index in [4.69, 9.17) is 0 Å². The molecule has 0 amide bonds. The molecule has 2 heterocycles. The van der Waals surface area contributed by atoms with Gasteiger partial charge in [-0.15, -0.1) is 11.3 Å². The molecule has 0 aliphatic carbocycles. The number of carbonyl (C=O) groups is 1. The lowest BCUT2D eigenvalue weighted by Gasteiger charge is -2.14. The molecule has 0 fully saturated rings. The molecule has 2 N–H and O–H groups in total. The van der Waals surface area contributed by atoms with E-state index in [0.29, 0.717) is 25.4 Å². The normalized spacial score (nSPS) is 12.7. The number of hydrogen-bond acceptors (Lipinski definition) is 5. The molecule has 0 bridgehead atoms. The number of carboxylic acid groups (broad SMARTS) is 1. The number of nitrogens with one attached hydrogen (secondary N) is 1. The van der Waals surface area contributed by atoms with E-state index < -0.39 is 5.97 Å². The fourth-order valence-corrected chi connectivity index (χ4v) is 3.65. The van der Waals surface area contributed by atoms with Crippen LogP contribution in [0, 0.1) is 11.8 Å². The van der Waals surface area contributed by atoms with Crippen molar-refractivity contribution in [2.75, 3.05) is 6.54 Å². The van der Waals surface area contributed by atoms with Crippen LogP contribution in [0.3, 0.4) is 0 Å². The second-order valence-corrected chi connectivity index (χ2v) is 7.09. The van der Waals surface area contributed by atoms with Gasteiger partial charge in [0.15, 0.2) is 0 Å². The Morgan fingerprint density at radius 2 is 2.24 bits per heavy atom. The Hall–Kier alpha value is -1.24. The molecule has 2 aromatic heterocycles. The molecule has 6 heteroatoms. The summed E-state index contributed by atoms with van der Waals surface area (Å²) in [6, 6.07) is 2.06. The summed E-state index contributed by atoms with van der Waals surface area (Å²) in [6.45, 7) is 5.19. The van der Waals surface area contributed by atoms with Gasteiger partial charge >= 0.3 is 5.97 Å². The number of rotatable bonds is 8. The van der Waals surface area contributed by atoms with Crippen molar-refractivity contribution >= 4 is 28.6 Å². The number of aliphatic carboxylic acids is 1. The van der Waals surface area contributed by atoms with Crippen LogP contribution in [0.15, 0.2) is 22.2 Å². The first-order valence-electron chi connectivity index (χ1n) is 6.96. The van der Waals surface area contributed by atoms with Gasteiger partial charge in [-0.3, -0.25) is 4.79 Å². The smallest absolute Gasteiger partial charge is 0.307 e. The van der Waals surface area contributed by atoms with E-state index in [-0.39, 0.29) is 5.92 Å². The SMILES string of the molecule is CC(C)CC(CNCc1csc(-c2ccsc2)n1)C(=O)O. The average Bonchev–Trinajstić information content (AvgIpc) is 3.07. The minimum Gasteiger partial charge on any atom is -0.481 e. The number of aromatic nitrogens is 1. The van der Waals surface area contributed by atoms with Crippen molar-refractivity contribution in [2.24, 2.45) is 11.8 Å². The molecule has 0 saturated heterocycles. The maximum Gasteiger partial charge on any atom is 0.307 e. The standard InChI is InChI=1S/C15H20N2O2S2/c1-10(2)5-12(15(18)19)6-16-7-13-9-21-14(17-13)11-3-4-20-8-11/h3-4,8-10,12,16H,5-7H2,1-2H3,(H,18,19). The fourth-order valence-electron chi connectivity index (χ4n) is 2.12. The van der Waals surface area contributed by atoms with Gasteiger partial charge in [0.2, 0.25) is 0 Å². The van der Waals surface area contributed by atoms with E-state index in [2.05, 4.69) is 21.7 Å². The highest BCUT2D eigenvalue weighted by atomic mass is 32.1. The Bertz CT molecular complexity index is 564. The lowest BCUT2D eigenvalue weighted by molar-refractivity contribution is -0.142. The molecule has 4 nitrogen and oxygen atoms in total. The predicted octanol–water partition coefficient (Wildman–Crippen LogP) is 3.71. The van der Waals surface area contributed by atoms with Crippen molar-refractivity contribution < 1.29 is 9.90 Å². The number of nitrogens with zero attached hydrogens (tertiary/aromatic N) is 1. The highest BCUT2D eigenvalue weighted by molar-refractivity contribution is 7.14. The van der Waals surface area contributed by atoms with Crippen LogP contribution in [0.5, 0.6) is 0 Å². The van der Waals surface area contributed by atoms with Crippen molar-refractivity contribution in [3.05, 3.63) is 27.9 Å². The fraction of sp³-hybridized carbons (Fsp3) is 0.467. The second-order valence-electron chi connectivity index (χ2n) is 5.45. The summed E-state index contributed by atoms with van der Waals surface area (Å²) < 4.78 is 0. The zero-order valence-electron chi connectivity index (χ0n) is 12.2. The number of hydrogen-bond donors (Lipinski definition) is 2. The van der Waals surface area contributed by atoms with E-state index in [1.165, 1.54) is 0 Å². The van der Waals surface area contributed by atoms with Crippen LogP contribution in [0.1, 0.15) is 26.0 Å². The first-order chi connectivity index (χ1) is 10.1. The Morgan fingerprint density at radius 3 is 2.86 bits per heavy atom. The molecule has 1 unspecified atom stereocenters. The van der Waals surface area contributed by atoms with Crippen LogP contribution < -0.4 is 5.32 Å². The molecule has 0 aliphatic rings. The Labute approximate surface area is 132 Å². The largest absolute Gasteiger partial charge is 0.481 e. The zero-order chi connectivity index (χ0) is 15.2. The molecular weight excluding hydrogens is 304 g/mol. The van der Waals surface area contributed by atoms with Gasteiger partial charge in [0, 0.05) is 29.4 Å². The number of thiophene rings is 1. The molecule has 2 rings (SSSR count). The summed E-state index contributed by atoms with van der Waals surface area (Å²) in [7, 11) is 0. The molecule has 0 saturated carbocycles. The summed E-state index contributed by atoms with van der Waals surface area (Å²) >= 11 is 3.28. The highest BCUT2D eigenvalue weighted by Crippen LogP contribution is 2.25. The summed E-state index contributed by atoms with van der Waals surface area (Å²) in [4.78, 5) is 15.8. The van der Waals surface area contributed by atoms with Gasteiger partial charge in [-0.2, -0.15) is 11.3 Å². The lowest BCUT2D eigenvalue weighted by Crippen LogP contribution is -2.29. The quantitative estimate of drug-likeness (QED) is 0.777. The van der Waals surface area contributed by atoms with E-state index in [1.807, 2.05) is 24.6 Å². The summed E-state index contributed by atoms with van der Waals surface area (Å²) in [5, 5.41) is 19.6. The van der Waals surface area contributed by atoms with Crippen molar-refractivity contribution in [3.63, 3.8) is 0 Å². The van der Waals surface area contributed by atoms with Crippen LogP contribution in [0.4, 0.5) is 0 Å². The summed E-state index contributed by atoms with van der Waals surface area (Å²) in [5.41, 5.74) is 2.12. The molecule has 0 aliphatic heterocycles. The summed E-state index contributed by atoms with van der Waals surface area (Å²) in [6.07, 6.45) is 0.694. The Kier molecular flexibility index (Phi) is 5.90. The van der Waals surface area contributed by atoms with Gasteiger partial charge in [0.25, 0.3) is 0 Å². The van der Waals surface area contributed by atoms with Gasteiger partial charge in [0.05, 0.1) is 11.6 Å². The summed E-state index contributed by atoms with van der Waals surface area (Å²) in [5.74, 6) is -0.675. The Balaban J connectivity index is 1.84. The van der Waals surface area contributed by atoms with Gasteiger partial charge in [0.1, 0.15) is 5.01 Å². The van der Waals surface area contributed by atoms with Gasteiger partial charge in [-0.1, -0.05) is 13.8 Å². The van der Waals surface area contributed by atoms with E-state index in [1.54, 1.807) is 22.7 Å². The van der Waals surface area contributed by atoms with Crippen molar-refractivity contribution in [1.82, 2.24) is 10.3 Å². The topological polar surface area (TPSA) is 62.2 Å². The maximum absolute atomic E-state index is 11.2. The van der Waals surface area contributed by atoms with Gasteiger partial charge in [-0.05, 0) is 23.8 Å². The highest BCUT2D eigenvalue weighted by Gasteiger charge is 2.18. The first-order valence-corrected chi connectivity index (χ1v) is 8.79. The molecule has 0 aromatic carbocycles. The maximum atomic E-state index is 11.2. The molecule has 21 heavy (non-hydrogen) atoms. The molecule has 1 atom stereocenters. The minimum atomic E-state index is -0.728. The van der Waals surface area contributed by atoms with E-state index in [9.17, 15) is 9.90 Å². The van der Waals surface area contributed by atoms with Crippen LogP contribution in [-0.4, -0.2) is 22.6 Å². The second kappa shape index (κ2) is 7.68. The van der Waals surface area contributed by atoms with Crippen LogP contribution in [-0.2, 0) is 11.3 Å². The van der Waals surface area contributed by atoms with Crippen molar-refractivity contribution in [1.29, 1.82) is 0 Å². The Morgan fingerprint density at radius 1 is 1.43 bits per heavy atom. The molecular formula is C15H20N2O2S2. The van der Waals surface area contributed by atoms with Crippen LogP contribution >= 0.6 is 22.7 Å². The third-order valence-electron chi connectivity index (χ3n) is 3.12. The monoisotopic (exact) mass is 324 g/mol.